The van der Waals surface area contributed by atoms with Gasteiger partial charge in [0.2, 0.25) is 0 Å². The molecule has 1 aliphatic heterocycles. The Hall–Kier alpha value is -1.02. The third-order valence-corrected chi connectivity index (χ3v) is 4.60. The Morgan fingerprint density at radius 2 is 2.05 bits per heavy atom. The number of anilines is 1. The highest BCUT2D eigenvalue weighted by molar-refractivity contribution is 9.10. The summed E-state index contributed by atoms with van der Waals surface area (Å²) in [5.41, 5.74) is -0.474. The minimum atomic E-state index is -4.44. The maximum absolute atomic E-state index is 13.1. The number of nitro groups is 1. The lowest BCUT2D eigenvalue weighted by Gasteiger charge is -2.38. The topological polar surface area (TPSA) is 46.4 Å². The van der Waals surface area contributed by atoms with Gasteiger partial charge in [0.05, 0.1) is 9.95 Å². The van der Waals surface area contributed by atoms with Gasteiger partial charge in [-0.25, -0.2) is 0 Å². The van der Waals surface area contributed by atoms with Crippen LogP contribution >= 0.6 is 27.5 Å². The van der Waals surface area contributed by atoms with Crippen LogP contribution in [0.15, 0.2) is 16.6 Å². The summed E-state index contributed by atoms with van der Waals surface area (Å²) in [5.74, 6) is 0. The van der Waals surface area contributed by atoms with Gasteiger partial charge in [-0.15, -0.1) is 0 Å². The number of piperidine rings is 1. The molecule has 0 bridgehead atoms. The lowest BCUT2D eigenvalue weighted by Crippen LogP contribution is -2.49. The highest BCUT2D eigenvalue weighted by Gasteiger charge is 2.46. The zero-order valence-corrected chi connectivity index (χ0v) is 13.0. The van der Waals surface area contributed by atoms with E-state index in [0.29, 0.717) is 12.8 Å². The van der Waals surface area contributed by atoms with Gasteiger partial charge in [-0.2, -0.15) is 13.2 Å². The average molecular weight is 388 g/mol. The van der Waals surface area contributed by atoms with Gasteiger partial charge in [-0.05, 0) is 41.3 Å². The van der Waals surface area contributed by atoms with Crippen molar-refractivity contribution in [1.82, 2.24) is 0 Å². The van der Waals surface area contributed by atoms with Crippen LogP contribution in [0.3, 0.4) is 0 Å². The molecule has 0 spiro atoms. The molecule has 2 rings (SSSR count). The van der Waals surface area contributed by atoms with Crippen molar-refractivity contribution in [3.05, 3.63) is 31.7 Å². The fourth-order valence-corrected chi connectivity index (χ4v) is 2.95. The quantitative estimate of drug-likeness (QED) is 0.534. The van der Waals surface area contributed by atoms with Crippen LogP contribution in [0.5, 0.6) is 0 Å². The number of rotatable bonds is 2. The molecule has 9 heteroatoms. The molecule has 1 atom stereocenters. The molecule has 116 valence electrons. The zero-order chi connectivity index (χ0) is 15.8. The van der Waals surface area contributed by atoms with Crippen LogP contribution in [0.25, 0.3) is 0 Å². The van der Waals surface area contributed by atoms with Gasteiger partial charge < -0.3 is 4.90 Å². The van der Waals surface area contributed by atoms with Crippen molar-refractivity contribution < 1.29 is 18.1 Å². The number of nitrogens with zero attached hydrogens (tertiary/aromatic N) is 2. The largest absolute Gasteiger partial charge is 0.408 e. The molecule has 1 aromatic carbocycles. The number of alkyl halides is 3. The Bertz CT molecular complexity index is 568. The van der Waals surface area contributed by atoms with E-state index in [4.69, 9.17) is 11.6 Å². The summed E-state index contributed by atoms with van der Waals surface area (Å²) in [6, 6.07) is 0.635. The van der Waals surface area contributed by atoms with Gasteiger partial charge >= 0.3 is 6.18 Å². The molecule has 1 saturated heterocycles. The first-order valence-corrected chi connectivity index (χ1v) is 7.35. The second-order valence-electron chi connectivity index (χ2n) is 4.76. The Morgan fingerprint density at radius 3 is 2.62 bits per heavy atom. The molecule has 4 nitrogen and oxygen atoms in total. The highest BCUT2D eigenvalue weighted by atomic mass is 79.9. The minimum absolute atomic E-state index is 0.0751. The van der Waals surface area contributed by atoms with Crippen molar-refractivity contribution >= 4 is 38.9 Å². The second kappa shape index (κ2) is 6.00. The van der Waals surface area contributed by atoms with Crippen LogP contribution in [-0.2, 0) is 0 Å². The van der Waals surface area contributed by atoms with Gasteiger partial charge in [-0.3, -0.25) is 10.1 Å². The van der Waals surface area contributed by atoms with Crippen molar-refractivity contribution in [2.75, 3.05) is 11.4 Å². The standard InChI is InChI=1S/C12H11BrClF3N2O2/c13-7-5-10(19(20)21)9(6-8(7)14)18-4-2-1-3-11(18)12(15,16)17/h5-6,11H,1-4H2. The smallest absolute Gasteiger partial charge is 0.354 e. The Morgan fingerprint density at radius 1 is 1.38 bits per heavy atom. The third-order valence-electron chi connectivity index (χ3n) is 3.40. The van der Waals surface area contributed by atoms with Crippen LogP contribution in [0.4, 0.5) is 24.5 Å². The lowest BCUT2D eigenvalue weighted by molar-refractivity contribution is -0.384. The van der Waals surface area contributed by atoms with E-state index in [1.54, 1.807) is 0 Å². The van der Waals surface area contributed by atoms with E-state index in [0.717, 1.165) is 11.0 Å². The molecule has 0 aliphatic carbocycles. The molecule has 0 radical (unpaired) electrons. The fraction of sp³-hybridized carbons (Fsp3) is 0.500. The van der Waals surface area contributed by atoms with Crippen LogP contribution in [0.2, 0.25) is 5.02 Å². The van der Waals surface area contributed by atoms with Gasteiger partial charge in [0, 0.05) is 17.1 Å². The highest BCUT2D eigenvalue weighted by Crippen LogP contribution is 2.42. The molecule has 0 saturated carbocycles. The number of hydrogen-bond donors (Lipinski definition) is 0. The number of halogens is 5. The van der Waals surface area contributed by atoms with E-state index >= 15 is 0 Å². The van der Waals surface area contributed by atoms with Crippen molar-refractivity contribution in [1.29, 1.82) is 0 Å². The molecule has 0 aromatic heterocycles. The molecular formula is C12H11BrClF3N2O2. The fourth-order valence-electron chi connectivity index (χ4n) is 2.46. The van der Waals surface area contributed by atoms with Crippen LogP contribution in [0.1, 0.15) is 19.3 Å². The van der Waals surface area contributed by atoms with E-state index < -0.39 is 17.1 Å². The van der Waals surface area contributed by atoms with E-state index in [2.05, 4.69) is 15.9 Å². The van der Waals surface area contributed by atoms with Crippen molar-refractivity contribution in [2.45, 2.75) is 31.5 Å². The van der Waals surface area contributed by atoms with Crippen molar-refractivity contribution in [2.24, 2.45) is 0 Å². The van der Waals surface area contributed by atoms with E-state index in [1.807, 2.05) is 0 Å². The predicted molar refractivity (Wildman–Crippen MR) is 76.8 cm³/mol. The van der Waals surface area contributed by atoms with Crippen LogP contribution < -0.4 is 4.90 Å². The summed E-state index contributed by atoms with van der Waals surface area (Å²) >= 11 is 8.94. The predicted octanol–water partition coefficient (Wildman–Crippen LogP) is 4.93. The Balaban J connectivity index is 2.52. The maximum Gasteiger partial charge on any atom is 0.408 e. The molecule has 21 heavy (non-hydrogen) atoms. The molecule has 0 N–H and O–H groups in total. The first kappa shape index (κ1) is 16.4. The summed E-state index contributed by atoms with van der Waals surface area (Å²) in [6.45, 7) is 0.114. The average Bonchev–Trinajstić information content (AvgIpc) is 2.40. The SMILES string of the molecule is O=[N+]([O-])c1cc(Br)c(Cl)cc1N1CCCCC1C(F)(F)F. The zero-order valence-electron chi connectivity index (χ0n) is 10.7. The normalized spacial score (nSPS) is 19.7. The third kappa shape index (κ3) is 3.42. The first-order chi connectivity index (χ1) is 9.71. The summed E-state index contributed by atoms with van der Waals surface area (Å²) in [5, 5.41) is 11.3. The summed E-state index contributed by atoms with van der Waals surface area (Å²) in [7, 11) is 0. The summed E-state index contributed by atoms with van der Waals surface area (Å²) < 4.78 is 39.7. The molecule has 1 aromatic rings. The maximum atomic E-state index is 13.1. The Kier molecular flexibility index (Phi) is 4.67. The van der Waals surface area contributed by atoms with Gasteiger partial charge in [-0.1, -0.05) is 11.6 Å². The number of nitro benzene ring substituents is 1. The second-order valence-corrected chi connectivity index (χ2v) is 6.02. The minimum Gasteiger partial charge on any atom is -0.354 e. The number of benzene rings is 1. The molecular weight excluding hydrogens is 376 g/mol. The van der Waals surface area contributed by atoms with E-state index in [9.17, 15) is 23.3 Å². The molecule has 0 amide bonds. The van der Waals surface area contributed by atoms with Gasteiger partial charge in [0.25, 0.3) is 5.69 Å². The molecule has 1 unspecified atom stereocenters. The van der Waals surface area contributed by atoms with Crippen LogP contribution in [-0.4, -0.2) is 23.7 Å². The van der Waals surface area contributed by atoms with Crippen molar-refractivity contribution in [3.8, 4) is 0 Å². The lowest BCUT2D eigenvalue weighted by atomic mass is 10.0. The first-order valence-electron chi connectivity index (χ1n) is 6.18. The van der Waals surface area contributed by atoms with Crippen LogP contribution in [0, 0.1) is 10.1 Å². The molecule has 1 fully saturated rings. The molecule has 1 aliphatic rings. The van der Waals surface area contributed by atoms with E-state index in [1.165, 1.54) is 6.07 Å². The summed E-state index contributed by atoms with van der Waals surface area (Å²) in [6.07, 6.45) is -3.52. The van der Waals surface area contributed by atoms with E-state index in [-0.39, 0.29) is 33.8 Å². The number of hydrogen-bond acceptors (Lipinski definition) is 3. The molecule has 1 heterocycles. The monoisotopic (exact) mass is 386 g/mol. The van der Waals surface area contributed by atoms with Crippen molar-refractivity contribution in [3.63, 3.8) is 0 Å². The van der Waals surface area contributed by atoms with Gasteiger partial charge in [0.15, 0.2) is 0 Å². The van der Waals surface area contributed by atoms with Gasteiger partial charge in [0.1, 0.15) is 11.7 Å². The Labute approximate surface area is 132 Å². The summed E-state index contributed by atoms with van der Waals surface area (Å²) in [4.78, 5) is 11.5.